The van der Waals surface area contributed by atoms with Gasteiger partial charge in [-0.05, 0) is 6.07 Å². The number of thiol groups is 1. The van der Waals surface area contributed by atoms with Gasteiger partial charge in [-0.3, -0.25) is 0 Å². The molecule has 0 aliphatic rings. The van der Waals surface area contributed by atoms with Crippen molar-refractivity contribution in [3.63, 3.8) is 0 Å². The quantitative estimate of drug-likeness (QED) is 0.643. The van der Waals surface area contributed by atoms with Crippen LogP contribution in [0.25, 0.3) is 0 Å². The number of benzene rings is 1. The van der Waals surface area contributed by atoms with Gasteiger partial charge in [0, 0.05) is 11.3 Å². The highest BCUT2D eigenvalue weighted by Gasteiger charge is 2.19. The lowest BCUT2D eigenvalue weighted by atomic mass is 10.1. The SMILES string of the molecule is OC(CS)C(O)c1ccccc1F. The maximum absolute atomic E-state index is 13.0. The van der Waals surface area contributed by atoms with Crippen molar-refractivity contribution in [2.75, 3.05) is 5.75 Å². The van der Waals surface area contributed by atoms with E-state index in [2.05, 4.69) is 12.6 Å². The van der Waals surface area contributed by atoms with Crippen molar-refractivity contribution in [2.24, 2.45) is 0 Å². The van der Waals surface area contributed by atoms with Crippen LogP contribution in [0.1, 0.15) is 11.7 Å². The van der Waals surface area contributed by atoms with Gasteiger partial charge in [-0.1, -0.05) is 18.2 Å². The molecule has 0 saturated carbocycles. The molecule has 0 radical (unpaired) electrons. The number of hydrogen-bond donors (Lipinski definition) is 3. The van der Waals surface area contributed by atoms with Crippen molar-refractivity contribution in [1.82, 2.24) is 0 Å². The summed E-state index contributed by atoms with van der Waals surface area (Å²) in [6.45, 7) is 0. The summed E-state index contributed by atoms with van der Waals surface area (Å²) in [6.07, 6.45) is -2.25. The first-order valence-corrected chi connectivity index (χ1v) is 4.51. The minimum absolute atomic E-state index is 0.0928. The summed E-state index contributed by atoms with van der Waals surface area (Å²) >= 11 is 3.81. The number of aliphatic hydroxyl groups excluding tert-OH is 2. The predicted molar refractivity (Wildman–Crippen MR) is 51.2 cm³/mol. The first kappa shape index (κ1) is 10.5. The van der Waals surface area contributed by atoms with Crippen LogP contribution < -0.4 is 0 Å². The fraction of sp³-hybridized carbons (Fsp3) is 0.333. The highest BCUT2D eigenvalue weighted by Crippen LogP contribution is 2.20. The Morgan fingerprint density at radius 1 is 1.31 bits per heavy atom. The van der Waals surface area contributed by atoms with Crippen LogP contribution in [-0.4, -0.2) is 22.1 Å². The normalized spacial score (nSPS) is 15.4. The summed E-state index contributed by atoms with van der Waals surface area (Å²) in [7, 11) is 0. The average molecular weight is 202 g/mol. The summed E-state index contributed by atoms with van der Waals surface area (Å²) in [5.41, 5.74) is 0.101. The molecule has 0 aliphatic carbocycles. The lowest BCUT2D eigenvalue weighted by Crippen LogP contribution is -2.20. The second-order valence-electron chi connectivity index (χ2n) is 2.72. The maximum atomic E-state index is 13.0. The van der Waals surface area contributed by atoms with Crippen molar-refractivity contribution in [3.05, 3.63) is 35.6 Å². The standard InChI is InChI=1S/C9H11FO2S/c10-7-4-2-1-3-6(7)9(12)8(11)5-13/h1-4,8-9,11-13H,5H2. The van der Waals surface area contributed by atoms with E-state index >= 15 is 0 Å². The largest absolute Gasteiger partial charge is 0.389 e. The third-order valence-corrected chi connectivity index (χ3v) is 2.15. The summed E-state index contributed by atoms with van der Waals surface area (Å²) in [6, 6.07) is 5.81. The topological polar surface area (TPSA) is 40.5 Å². The van der Waals surface area contributed by atoms with Gasteiger partial charge in [-0.25, -0.2) is 4.39 Å². The molecule has 4 heteroatoms. The molecule has 2 atom stereocenters. The van der Waals surface area contributed by atoms with Crippen LogP contribution in [0.5, 0.6) is 0 Å². The van der Waals surface area contributed by atoms with Crippen LogP contribution in [0.15, 0.2) is 24.3 Å². The highest BCUT2D eigenvalue weighted by atomic mass is 32.1. The van der Waals surface area contributed by atoms with Gasteiger partial charge >= 0.3 is 0 Å². The van der Waals surface area contributed by atoms with Crippen molar-refractivity contribution >= 4 is 12.6 Å². The van der Waals surface area contributed by atoms with Gasteiger partial charge in [0.05, 0.1) is 6.10 Å². The molecule has 2 N–H and O–H groups in total. The molecule has 0 fully saturated rings. The van der Waals surface area contributed by atoms with E-state index in [1.54, 1.807) is 6.07 Å². The van der Waals surface area contributed by atoms with E-state index in [1.165, 1.54) is 18.2 Å². The maximum Gasteiger partial charge on any atom is 0.129 e. The van der Waals surface area contributed by atoms with E-state index in [1.807, 2.05) is 0 Å². The molecule has 0 spiro atoms. The molecule has 0 heterocycles. The Balaban J connectivity index is 2.88. The van der Waals surface area contributed by atoms with Gasteiger partial charge in [0.1, 0.15) is 11.9 Å². The van der Waals surface area contributed by atoms with Gasteiger partial charge in [0.15, 0.2) is 0 Å². The van der Waals surface area contributed by atoms with Crippen molar-refractivity contribution in [1.29, 1.82) is 0 Å². The average Bonchev–Trinajstić information content (AvgIpc) is 2.16. The van der Waals surface area contributed by atoms with Crippen LogP contribution in [-0.2, 0) is 0 Å². The fourth-order valence-corrected chi connectivity index (χ4v) is 1.22. The van der Waals surface area contributed by atoms with Gasteiger partial charge in [0.25, 0.3) is 0 Å². The first-order valence-electron chi connectivity index (χ1n) is 3.88. The zero-order valence-corrected chi connectivity index (χ0v) is 7.79. The Kier molecular flexibility index (Phi) is 3.71. The third-order valence-electron chi connectivity index (χ3n) is 1.78. The molecule has 72 valence electrons. The predicted octanol–water partition coefficient (Wildman–Crippen LogP) is 1.15. The molecule has 1 rings (SSSR count). The van der Waals surface area contributed by atoms with E-state index in [0.717, 1.165) is 0 Å². The fourth-order valence-electron chi connectivity index (χ4n) is 1.02. The van der Waals surface area contributed by atoms with E-state index in [0.29, 0.717) is 0 Å². The molecular formula is C9H11FO2S. The van der Waals surface area contributed by atoms with Crippen molar-refractivity contribution in [2.45, 2.75) is 12.2 Å². The first-order chi connectivity index (χ1) is 6.16. The Morgan fingerprint density at radius 3 is 2.46 bits per heavy atom. The lowest BCUT2D eigenvalue weighted by molar-refractivity contribution is 0.0315. The van der Waals surface area contributed by atoms with Crippen LogP contribution >= 0.6 is 12.6 Å². The molecule has 0 aliphatic heterocycles. The smallest absolute Gasteiger partial charge is 0.129 e. The van der Waals surface area contributed by atoms with E-state index < -0.39 is 18.0 Å². The van der Waals surface area contributed by atoms with Gasteiger partial charge in [0.2, 0.25) is 0 Å². The van der Waals surface area contributed by atoms with Gasteiger partial charge < -0.3 is 10.2 Å². The molecular weight excluding hydrogens is 191 g/mol. The summed E-state index contributed by atoms with van der Waals surface area (Å²) in [4.78, 5) is 0. The Morgan fingerprint density at radius 2 is 1.92 bits per heavy atom. The number of hydrogen-bond acceptors (Lipinski definition) is 3. The number of aliphatic hydroxyl groups is 2. The van der Waals surface area contributed by atoms with Gasteiger partial charge in [-0.2, -0.15) is 12.6 Å². The summed E-state index contributed by atoms with van der Waals surface area (Å²) < 4.78 is 13.0. The minimum Gasteiger partial charge on any atom is -0.389 e. The summed E-state index contributed by atoms with van der Waals surface area (Å²) in [5.74, 6) is -0.425. The van der Waals surface area contributed by atoms with E-state index in [4.69, 9.17) is 0 Å². The molecule has 0 amide bonds. The zero-order chi connectivity index (χ0) is 9.84. The monoisotopic (exact) mass is 202 g/mol. The molecule has 2 unspecified atom stereocenters. The van der Waals surface area contributed by atoms with Crippen LogP contribution in [0.4, 0.5) is 4.39 Å². The molecule has 0 saturated heterocycles. The molecule has 1 aromatic rings. The van der Waals surface area contributed by atoms with Crippen LogP contribution in [0.3, 0.4) is 0 Å². The highest BCUT2D eigenvalue weighted by molar-refractivity contribution is 7.80. The second-order valence-corrected chi connectivity index (χ2v) is 3.08. The lowest BCUT2D eigenvalue weighted by Gasteiger charge is -2.16. The Bertz CT molecular complexity index is 280. The summed E-state index contributed by atoms with van der Waals surface area (Å²) in [5, 5.41) is 18.6. The van der Waals surface area contributed by atoms with Gasteiger partial charge in [-0.15, -0.1) is 0 Å². The Labute approximate surface area is 81.4 Å². The second kappa shape index (κ2) is 4.60. The molecule has 0 bridgehead atoms. The minimum atomic E-state index is -1.21. The molecule has 1 aromatic carbocycles. The number of rotatable bonds is 3. The molecule has 13 heavy (non-hydrogen) atoms. The van der Waals surface area contributed by atoms with Crippen LogP contribution in [0.2, 0.25) is 0 Å². The Hall–Kier alpha value is -0.580. The third kappa shape index (κ3) is 2.43. The molecule has 0 aromatic heterocycles. The van der Waals surface area contributed by atoms with Crippen molar-refractivity contribution in [3.8, 4) is 0 Å². The molecule has 2 nitrogen and oxygen atoms in total. The zero-order valence-electron chi connectivity index (χ0n) is 6.89. The van der Waals surface area contributed by atoms with E-state index in [9.17, 15) is 14.6 Å². The number of halogens is 1. The van der Waals surface area contributed by atoms with Crippen molar-refractivity contribution < 1.29 is 14.6 Å². The van der Waals surface area contributed by atoms with E-state index in [-0.39, 0.29) is 11.3 Å². The van der Waals surface area contributed by atoms with Crippen LogP contribution in [0, 0.1) is 5.82 Å².